The van der Waals surface area contributed by atoms with E-state index in [9.17, 15) is 9.59 Å². The number of primary amides is 1. The number of thiazole rings is 1. The summed E-state index contributed by atoms with van der Waals surface area (Å²) in [5.74, 6) is 0.479. The van der Waals surface area contributed by atoms with Gasteiger partial charge in [-0.15, -0.1) is 11.3 Å². The molecule has 41 heavy (non-hydrogen) atoms. The lowest BCUT2D eigenvalue weighted by Gasteiger charge is -2.27. The van der Waals surface area contributed by atoms with E-state index < -0.39 is 17.9 Å². The first-order chi connectivity index (χ1) is 20.1. The Morgan fingerprint density at radius 1 is 0.878 bits per heavy atom. The number of carbonyl (C=O) groups excluding carboxylic acids is 2. The largest absolute Gasteiger partial charge is 0.457 e. The SMILES string of the molecule is NC(=O)[C@H](CCCCNC(=O)C1c2ccccc2Oc2ccccc21)Nc1nc(-c2ccc3ccccc3c2)cs1. The summed E-state index contributed by atoms with van der Waals surface area (Å²) in [4.78, 5) is 30.2. The van der Waals surface area contributed by atoms with Gasteiger partial charge in [0.25, 0.3) is 0 Å². The molecule has 0 radical (unpaired) electrons. The van der Waals surface area contributed by atoms with Crippen molar-refractivity contribution >= 4 is 39.1 Å². The van der Waals surface area contributed by atoms with Gasteiger partial charge in [0.15, 0.2) is 5.13 Å². The predicted molar refractivity (Wildman–Crippen MR) is 163 cm³/mol. The van der Waals surface area contributed by atoms with Crippen molar-refractivity contribution in [1.29, 1.82) is 0 Å². The number of unbranched alkanes of at least 4 members (excludes halogenated alkanes) is 1. The number of hydrogen-bond donors (Lipinski definition) is 3. The van der Waals surface area contributed by atoms with Crippen molar-refractivity contribution in [2.75, 3.05) is 11.9 Å². The molecule has 8 heteroatoms. The maximum absolute atomic E-state index is 13.3. The third kappa shape index (κ3) is 5.78. The molecule has 0 fully saturated rings. The van der Waals surface area contributed by atoms with Gasteiger partial charge in [0.2, 0.25) is 11.8 Å². The summed E-state index contributed by atoms with van der Waals surface area (Å²) >= 11 is 1.45. The Labute approximate surface area is 242 Å². The lowest BCUT2D eigenvalue weighted by molar-refractivity contribution is -0.122. The molecule has 0 aliphatic carbocycles. The van der Waals surface area contributed by atoms with Gasteiger partial charge in [0, 0.05) is 28.6 Å². The first kappa shape index (κ1) is 26.5. The average Bonchev–Trinajstić information content (AvgIpc) is 3.47. The first-order valence-corrected chi connectivity index (χ1v) is 14.6. The lowest BCUT2D eigenvalue weighted by Crippen LogP contribution is -2.36. The van der Waals surface area contributed by atoms with Crippen molar-refractivity contribution in [1.82, 2.24) is 10.3 Å². The highest BCUT2D eigenvalue weighted by atomic mass is 32.1. The van der Waals surface area contributed by atoms with E-state index in [-0.39, 0.29) is 5.91 Å². The number of benzene rings is 4. The summed E-state index contributed by atoms with van der Waals surface area (Å²) in [7, 11) is 0. The highest BCUT2D eigenvalue weighted by molar-refractivity contribution is 7.14. The second kappa shape index (κ2) is 11.8. The minimum absolute atomic E-state index is 0.0678. The summed E-state index contributed by atoms with van der Waals surface area (Å²) in [6, 6.07) is 29.2. The molecule has 5 aromatic rings. The maximum Gasteiger partial charge on any atom is 0.239 e. The van der Waals surface area contributed by atoms with Crippen LogP contribution in [0.3, 0.4) is 0 Å². The number of para-hydroxylation sites is 2. The fourth-order valence-corrected chi connectivity index (χ4v) is 6.01. The highest BCUT2D eigenvalue weighted by Gasteiger charge is 2.32. The van der Waals surface area contributed by atoms with Gasteiger partial charge in [0.05, 0.1) is 11.6 Å². The third-order valence-corrected chi connectivity index (χ3v) is 8.13. The van der Waals surface area contributed by atoms with Crippen LogP contribution < -0.4 is 21.1 Å². The fourth-order valence-electron chi connectivity index (χ4n) is 5.24. The summed E-state index contributed by atoms with van der Waals surface area (Å²) in [6.45, 7) is 0.495. The molecule has 1 aromatic heterocycles. The van der Waals surface area contributed by atoms with Crippen LogP contribution in [0.25, 0.3) is 22.0 Å². The number of nitrogens with one attached hydrogen (secondary N) is 2. The average molecular weight is 563 g/mol. The molecule has 1 atom stereocenters. The number of nitrogens with two attached hydrogens (primary N) is 1. The van der Waals surface area contributed by atoms with Gasteiger partial charge in [-0.05, 0) is 48.2 Å². The number of ether oxygens (including phenoxy) is 1. The summed E-state index contributed by atoms with van der Waals surface area (Å²) < 4.78 is 6.01. The number of aromatic nitrogens is 1. The quantitative estimate of drug-likeness (QED) is 0.170. The molecule has 206 valence electrons. The number of anilines is 1. The van der Waals surface area contributed by atoms with Crippen molar-refractivity contribution < 1.29 is 14.3 Å². The number of hydrogen-bond acceptors (Lipinski definition) is 6. The second-order valence-electron chi connectivity index (χ2n) is 10.1. The van der Waals surface area contributed by atoms with Crippen LogP contribution in [0, 0.1) is 0 Å². The van der Waals surface area contributed by atoms with Crippen LogP contribution in [0.5, 0.6) is 11.5 Å². The Hall–Kier alpha value is -4.69. The van der Waals surface area contributed by atoms with Crippen molar-refractivity contribution in [3.8, 4) is 22.8 Å². The van der Waals surface area contributed by atoms with Gasteiger partial charge in [-0.1, -0.05) is 72.8 Å². The maximum atomic E-state index is 13.3. The lowest BCUT2D eigenvalue weighted by atomic mass is 9.87. The van der Waals surface area contributed by atoms with Crippen LogP contribution in [-0.2, 0) is 9.59 Å². The standard InChI is InChI=1S/C33H30N4O3S/c34-31(38)26(36-33-37-27(20-41-33)23-17-16-21-9-1-2-10-22(21)19-23)13-7-8-18-35-32(39)30-24-11-3-5-14-28(24)40-29-15-6-4-12-25(29)30/h1-6,9-12,14-17,19-20,26,30H,7-8,13,18H2,(H2,34,38)(H,35,39)(H,36,37)/t26-/m0/s1. The number of rotatable bonds is 10. The summed E-state index contributed by atoms with van der Waals surface area (Å²) in [5.41, 5.74) is 9.29. The molecule has 0 saturated heterocycles. The van der Waals surface area contributed by atoms with Crippen LogP contribution in [0.15, 0.2) is 96.4 Å². The number of fused-ring (bicyclic) bond motifs is 3. The molecule has 0 unspecified atom stereocenters. The Morgan fingerprint density at radius 3 is 2.29 bits per heavy atom. The predicted octanol–water partition coefficient (Wildman–Crippen LogP) is 6.45. The van der Waals surface area contributed by atoms with Crippen molar-refractivity contribution in [2.24, 2.45) is 5.73 Å². The molecule has 0 bridgehead atoms. The molecule has 0 spiro atoms. The van der Waals surface area contributed by atoms with Gasteiger partial charge in [-0.3, -0.25) is 9.59 Å². The van der Waals surface area contributed by atoms with E-state index in [2.05, 4.69) is 41.0 Å². The molecule has 7 nitrogen and oxygen atoms in total. The third-order valence-electron chi connectivity index (χ3n) is 7.35. The molecule has 4 aromatic carbocycles. The van der Waals surface area contributed by atoms with Crippen molar-refractivity contribution in [2.45, 2.75) is 31.2 Å². The van der Waals surface area contributed by atoms with E-state index in [1.165, 1.54) is 16.7 Å². The zero-order chi connectivity index (χ0) is 28.2. The molecular weight excluding hydrogens is 532 g/mol. The van der Waals surface area contributed by atoms with Crippen LogP contribution in [0.1, 0.15) is 36.3 Å². The Morgan fingerprint density at radius 2 is 1.56 bits per heavy atom. The van der Waals surface area contributed by atoms with Gasteiger partial charge in [0.1, 0.15) is 17.5 Å². The van der Waals surface area contributed by atoms with Crippen LogP contribution in [0.4, 0.5) is 5.13 Å². The van der Waals surface area contributed by atoms with E-state index >= 15 is 0 Å². The zero-order valence-corrected chi connectivity index (χ0v) is 23.2. The van der Waals surface area contributed by atoms with Crippen molar-refractivity contribution in [3.63, 3.8) is 0 Å². The zero-order valence-electron chi connectivity index (χ0n) is 22.4. The number of nitrogens with zero attached hydrogens (tertiary/aromatic N) is 1. The van der Waals surface area contributed by atoms with E-state index in [0.717, 1.165) is 27.8 Å². The van der Waals surface area contributed by atoms with Gasteiger partial charge in [-0.2, -0.15) is 0 Å². The van der Waals surface area contributed by atoms with Crippen LogP contribution in [-0.4, -0.2) is 29.4 Å². The molecule has 0 saturated carbocycles. The summed E-state index contributed by atoms with van der Waals surface area (Å²) in [5, 5.41) is 11.3. The topological polar surface area (TPSA) is 106 Å². The van der Waals surface area contributed by atoms with Crippen LogP contribution in [0.2, 0.25) is 0 Å². The minimum atomic E-state index is -0.546. The van der Waals surface area contributed by atoms with Gasteiger partial charge in [-0.25, -0.2) is 4.98 Å². The smallest absolute Gasteiger partial charge is 0.239 e. The minimum Gasteiger partial charge on any atom is -0.457 e. The van der Waals surface area contributed by atoms with Crippen molar-refractivity contribution in [3.05, 3.63) is 108 Å². The molecule has 2 heterocycles. The number of amides is 2. The molecule has 2 amide bonds. The van der Waals surface area contributed by atoms with E-state index in [4.69, 9.17) is 15.5 Å². The van der Waals surface area contributed by atoms with Gasteiger partial charge < -0.3 is 21.1 Å². The Kier molecular flexibility index (Phi) is 7.65. The molecule has 6 rings (SSSR count). The monoisotopic (exact) mass is 562 g/mol. The molecule has 1 aliphatic heterocycles. The molecule has 1 aliphatic rings. The molecule has 4 N–H and O–H groups in total. The normalized spacial score (nSPS) is 13.1. The highest BCUT2D eigenvalue weighted by Crippen LogP contribution is 2.43. The van der Waals surface area contributed by atoms with Gasteiger partial charge >= 0.3 is 0 Å². The Balaban J connectivity index is 1.03. The summed E-state index contributed by atoms with van der Waals surface area (Å²) in [6.07, 6.45) is 1.97. The second-order valence-corrected chi connectivity index (χ2v) is 11.0. The van der Waals surface area contributed by atoms with E-state index in [1.807, 2.05) is 66.0 Å². The first-order valence-electron chi connectivity index (χ1n) is 13.7. The number of carbonyl (C=O) groups is 2. The molecular formula is C33H30N4O3S. The Bertz CT molecular complexity index is 1670. The van der Waals surface area contributed by atoms with E-state index in [0.29, 0.717) is 42.4 Å². The van der Waals surface area contributed by atoms with E-state index in [1.54, 1.807) is 0 Å². The van der Waals surface area contributed by atoms with Crippen LogP contribution >= 0.6 is 11.3 Å². The fraction of sp³-hybridized carbons (Fsp3) is 0.182.